The number of rotatable bonds is 3. The van der Waals surface area contributed by atoms with Gasteiger partial charge in [0.25, 0.3) is 0 Å². The van der Waals surface area contributed by atoms with E-state index in [1.54, 1.807) is 29.3 Å². The standard InChI is InChI=1S/C11H13F3N4/c1-18-9-5-3-2-4-7(9)8(17-18)6-10(16-15)11(12,13)14/h2-5,10,16H,6,15H2,1H3. The van der Waals surface area contributed by atoms with E-state index in [0.29, 0.717) is 11.1 Å². The Morgan fingerprint density at radius 3 is 2.67 bits per heavy atom. The van der Waals surface area contributed by atoms with Crippen LogP contribution in [0.5, 0.6) is 0 Å². The summed E-state index contributed by atoms with van der Waals surface area (Å²) in [4.78, 5) is 0. The Morgan fingerprint density at radius 1 is 1.39 bits per heavy atom. The molecule has 1 unspecified atom stereocenters. The van der Waals surface area contributed by atoms with Crippen molar-refractivity contribution >= 4 is 10.9 Å². The summed E-state index contributed by atoms with van der Waals surface area (Å²) in [7, 11) is 1.70. The molecule has 0 saturated heterocycles. The van der Waals surface area contributed by atoms with Crippen molar-refractivity contribution in [3.05, 3.63) is 30.0 Å². The fourth-order valence-corrected chi connectivity index (χ4v) is 1.90. The quantitative estimate of drug-likeness (QED) is 0.648. The van der Waals surface area contributed by atoms with Crippen LogP contribution in [-0.4, -0.2) is 22.0 Å². The first-order chi connectivity index (χ1) is 8.43. The Labute approximate surface area is 102 Å². The van der Waals surface area contributed by atoms with Gasteiger partial charge >= 0.3 is 6.18 Å². The minimum Gasteiger partial charge on any atom is -0.271 e. The van der Waals surface area contributed by atoms with Crippen LogP contribution in [-0.2, 0) is 13.5 Å². The van der Waals surface area contributed by atoms with Crippen LogP contribution in [0.3, 0.4) is 0 Å². The van der Waals surface area contributed by atoms with E-state index in [2.05, 4.69) is 5.10 Å². The molecular formula is C11H13F3N4. The Morgan fingerprint density at radius 2 is 2.06 bits per heavy atom. The van der Waals surface area contributed by atoms with Crippen LogP contribution < -0.4 is 11.3 Å². The SMILES string of the molecule is Cn1nc(CC(NN)C(F)(F)F)c2ccccc21. The molecule has 1 aromatic carbocycles. The van der Waals surface area contributed by atoms with Crippen molar-refractivity contribution in [2.75, 3.05) is 0 Å². The molecule has 0 radical (unpaired) electrons. The number of alkyl halides is 3. The van der Waals surface area contributed by atoms with Gasteiger partial charge in [0.05, 0.1) is 11.2 Å². The third-order valence-corrected chi connectivity index (χ3v) is 2.83. The molecule has 2 aromatic rings. The van der Waals surface area contributed by atoms with Crippen molar-refractivity contribution in [2.24, 2.45) is 12.9 Å². The minimum atomic E-state index is -4.40. The Hall–Kier alpha value is -1.60. The fourth-order valence-electron chi connectivity index (χ4n) is 1.90. The van der Waals surface area contributed by atoms with Crippen LogP contribution in [0.4, 0.5) is 13.2 Å². The van der Waals surface area contributed by atoms with Crippen LogP contribution in [0, 0.1) is 0 Å². The highest BCUT2D eigenvalue weighted by molar-refractivity contribution is 5.81. The van der Waals surface area contributed by atoms with Crippen LogP contribution in [0.1, 0.15) is 5.69 Å². The average Bonchev–Trinajstić information content (AvgIpc) is 2.62. The van der Waals surface area contributed by atoms with E-state index in [4.69, 9.17) is 5.84 Å². The molecule has 0 aliphatic heterocycles. The summed E-state index contributed by atoms with van der Waals surface area (Å²) >= 11 is 0. The Balaban J connectivity index is 2.37. The first-order valence-corrected chi connectivity index (χ1v) is 5.37. The third-order valence-electron chi connectivity index (χ3n) is 2.83. The summed E-state index contributed by atoms with van der Waals surface area (Å²) in [5, 5.41) is 4.82. The fraction of sp³-hybridized carbons (Fsp3) is 0.364. The number of aryl methyl sites for hydroxylation is 1. The van der Waals surface area contributed by atoms with E-state index in [0.717, 1.165) is 5.52 Å². The van der Waals surface area contributed by atoms with Gasteiger partial charge < -0.3 is 0 Å². The summed E-state index contributed by atoms with van der Waals surface area (Å²) < 4.78 is 39.5. The first-order valence-electron chi connectivity index (χ1n) is 5.37. The van der Waals surface area contributed by atoms with E-state index < -0.39 is 12.2 Å². The third kappa shape index (κ3) is 2.32. The maximum atomic E-state index is 12.6. The van der Waals surface area contributed by atoms with Crippen molar-refractivity contribution in [2.45, 2.75) is 18.6 Å². The molecule has 0 aliphatic rings. The van der Waals surface area contributed by atoms with Gasteiger partial charge in [0.2, 0.25) is 0 Å². The molecule has 1 aromatic heterocycles. The van der Waals surface area contributed by atoms with Gasteiger partial charge in [-0.05, 0) is 6.07 Å². The summed E-state index contributed by atoms with van der Waals surface area (Å²) in [6.45, 7) is 0. The van der Waals surface area contributed by atoms with Crippen molar-refractivity contribution in [3.8, 4) is 0 Å². The molecule has 0 saturated carbocycles. The molecular weight excluding hydrogens is 245 g/mol. The molecule has 0 bridgehead atoms. The number of para-hydroxylation sites is 1. The minimum absolute atomic E-state index is 0.290. The van der Waals surface area contributed by atoms with Gasteiger partial charge in [0, 0.05) is 18.9 Å². The van der Waals surface area contributed by atoms with E-state index >= 15 is 0 Å². The molecule has 0 aliphatic carbocycles. The van der Waals surface area contributed by atoms with E-state index in [-0.39, 0.29) is 6.42 Å². The van der Waals surface area contributed by atoms with Gasteiger partial charge in [-0.1, -0.05) is 18.2 Å². The lowest BCUT2D eigenvalue weighted by Crippen LogP contribution is -2.47. The normalized spacial score (nSPS) is 14.1. The van der Waals surface area contributed by atoms with Gasteiger partial charge in [-0.3, -0.25) is 10.5 Å². The van der Waals surface area contributed by atoms with Crippen molar-refractivity contribution < 1.29 is 13.2 Å². The van der Waals surface area contributed by atoms with Crippen LogP contribution in [0.2, 0.25) is 0 Å². The number of nitrogens with two attached hydrogens (primary N) is 1. The molecule has 3 N–H and O–H groups in total. The number of hydrazine groups is 1. The summed E-state index contributed by atoms with van der Waals surface area (Å²) in [5.41, 5.74) is 2.97. The molecule has 18 heavy (non-hydrogen) atoms. The number of hydrogen-bond acceptors (Lipinski definition) is 3. The Kier molecular flexibility index (Phi) is 3.27. The molecule has 2 rings (SSSR count). The van der Waals surface area contributed by atoms with Crippen molar-refractivity contribution in [1.82, 2.24) is 15.2 Å². The number of hydrogen-bond donors (Lipinski definition) is 2. The zero-order valence-corrected chi connectivity index (χ0v) is 9.70. The molecule has 98 valence electrons. The highest BCUT2D eigenvalue weighted by atomic mass is 19.4. The predicted molar refractivity (Wildman–Crippen MR) is 61.6 cm³/mol. The van der Waals surface area contributed by atoms with Crippen LogP contribution in [0.25, 0.3) is 10.9 Å². The number of nitrogens with one attached hydrogen (secondary N) is 1. The maximum Gasteiger partial charge on any atom is 0.405 e. The number of benzene rings is 1. The topological polar surface area (TPSA) is 55.9 Å². The van der Waals surface area contributed by atoms with Gasteiger partial charge in [-0.2, -0.15) is 18.3 Å². The molecule has 0 spiro atoms. The smallest absolute Gasteiger partial charge is 0.271 e. The van der Waals surface area contributed by atoms with Gasteiger partial charge in [-0.25, -0.2) is 5.43 Å². The van der Waals surface area contributed by atoms with Crippen LogP contribution in [0.15, 0.2) is 24.3 Å². The van der Waals surface area contributed by atoms with Crippen molar-refractivity contribution in [1.29, 1.82) is 0 Å². The summed E-state index contributed by atoms with van der Waals surface area (Å²) in [6, 6.07) is 5.35. The number of nitrogens with zero attached hydrogens (tertiary/aromatic N) is 2. The summed E-state index contributed by atoms with van der Waals surface area (Å²) in [6.07, 6.45) is -4.69. The highest BCUT2D eigenvalue weighted by Gasteiger charge is 2.39. The number of fused-ring (bicyclic) bond motifs is 1. The molecule has 4 nitrogen and oxygen atoms in total. The molecule has 7 heteroatoms. The second kappa shape index (κ2) is 4.58. The van der Waals surface area contributed by atoms with Gasteiger partial charge in [0.1, 0.15) is 6.04 Å². The molecule has 1 heterocycles. The van der Waals surface area contributed by atoms with Crippen LogP contribution >= 0.6 is 0 Å². The molecule has 0 amide bonds. The zero-order chi connectivity index (χ0) is 13.3. The largest absolute Gasteiger partial charge is 0.405 e. The first kappa shape index (κ1) is 12.8. The highest BCUT2D eigenvalue weighted by Crippen LogP contribution is 2.25. The summed E-state index contributed by atoms with van der Waals surface area (Å²) in [5.74, 6) is 4.95. The Bertz CT molecular complexity index is 547. The van der Waals surface area contributed by atoms with E-state index in [1.165, 1.54) is 0 Å². The lowest BCUT2D eigenvalue weighted by Gasteiger charge is -2.18. The maximum absolute atomic E-state index is 12.6. The second-order valence-corrected chi connectivity index (χ2v) is 4.05. The predicted octanol–water partition coefficient (Wildman–Crippen LogP) is 1.51. The second-order valence-electron chi connectivity index (χ2n) is 4.05. The molecule has 0 fully saturated rings. The van der Waals surface area contributed by atoms with Gasteiger partial charge in [0.15, 0.2) is 0 Å². The van der Waals surface area contributed by atoms with Gasteiger partial charge in [-0.15, -0.1) is 0 Å². The number of halogens is 3. The lowest BCUT2D eigenvalue weighted by atomic mass is 10.1. The van der Waals surface area contributed by atoms with E-state index in [9.17, 15) is 13.2 Å². The average molecular weight is 258 g/mol. The lowest BCUT2D eigenvalue weighted by molar-refractivity contribution is -0.155. The monoisotopic (exact) mass is 258 g/mol. The zero-order valence-electron chi connectivity index (χ0n) is 9.70. The molecule has 1 atom stereocenters. The van der Waals surface area contributed by atoms with E-state index in [1.807, 2.05) is 12.1 Å². The van der Waals surface area contributed by atoms with Crippen molar-refractivity contribution in [3.63, 3.8) is 0 Å². The number of aromatic nitrogens is 2.